The summed E-state index contributed by atoms with van der Waals surface area (Å²) in [6.07, 6.45) is 5.50. The van der Waals surface area contributed by atoms with E-state index in [0.717, 1.165) is 31.4 Å². The molecule has 1 heterocycles. The summed E-state index contributed by atoms with van der Waals surface area (Å²) in [5.74, 6) is 0.497. The van der Waals surface area contributed by atoms with Crippen molar-refractivity contribution in [1.29, 1.82) is 0 Å². The molecule has 1 fully saturated rings. The molecule has 17 heavy (non-hydrogen) atoms. The summed E-state index contributed by atoms with van der Waals surface area (Å²) in [7, 11) is 0. The normalized spacial score (nSPS) is 18.9. The second-order valence-electron chi connectivity index (χ2n) is 4.85. The molecule has 1 aromatic heterocycles. The quantitative estimate of drug-likeness (QED) is 0.851. The molecule has 1 amide bonds. The number of carbonyl (C=O) groups is 1. The fraction of sp³-hybridized carbons (Fsp3) is 0.667. The number of alkyl halides is 1. The van der Waals surface area contributed by atoms with Gasteiger partial charge in [-0.1, -0.05) is 26.2 Å². The van der Waals surface area contributed by atoms with Gasteiger partial charge in [-0.25, -0.2) is 4.98 Å². The number of anilines is 1. The molecule has 1 saturated carbocycles. The van der Waals surface area contributed by atoms with Crippen molar-refractivity contribution in [2.75, 3.05) is 5.32 Å². The second-order valence-corrected chi connectivity index (χ2v) is 5.98. The lowest BCUT2D eigenvalue weighted by atomic mass is 9.75. The molecule has 0 atom stereocenters. The number of carbonyl (C=O) groups excluding carboxylic acids is 1. The van der Waals surface area contributed by atoms with E-state index in [1.54, 1.807) is 0 Å². The minimum atomic E-state index is -0.217. The van der Waals surface area contributed by atoms with Crippen LogP contribution in [0.15, 0.2) is 5.38 Å². The molecule has 1 aliphatic carbocycles. The average Bonchev–Trinajstić information content (AvgIpc) is 2.78. The summed E-state index contributed by atoms with van der Waals surface area (Å²) in [6, 6.07) is 0. The lowest BCUT2D eigenvalue weighted by Crippen LogP contribution is -2.35. The number of hydrogen-bond donors (Lipinski definition) is 1. The highest BCUT2D eigenvalue weighted by atomic mass is 35.5. The van der Waals surface area contributed by atoms with Gasteiger partial charge in [0.1, 0.15) is 0 Å². The van der Waals surface area contributed by atoms with Gasteiger partial charge in [-0.2, -0.15) is 0 Å². The molecule has 1 N–H and O–H groups in total. The zero-order valence-electron chi connectivity index (χ0n) is 9.96. The third kappa shape index (κ3) is 2.99. The fourth-order valence-electron chi connectivity index (χ4n) is 2.23. The summed E-state index contributed by atoms with van der Waals surface area (Å²) in [4.78, 5) is 16.5. The molecule has 5 heteroatoms. The highest BCUT2D eigenvalue weighted by molar-refractivity contribution is 7.14. The SMILES string of the molecule is CC1(C(=O)Nc2nc(CCl)cs2)CCCCC1. The fourth-order valence-corrected chi connectivity index (χ4v) is 3.17. The van der Waals surface area contributed by atoms with Crippen molar-refractivity contribution in [2.45, 2.75) is 44.9 Å². The first kappa shape index (κ1) is 12.8. The Morgan fingerprint density at radius 2 is 2.24 bits per heavy atom. The molecule has 0 radical (unpaired) electrons. The van der Waals surface area contributed by atoms with Gasteiger partial charge in [0, 0.05) is 10.8 Å². The minimum absolute atomic E-state index is 0.104. The van der Waals surface area contributed by atoms with Crippen LogP contribution in [0.1, 0.15) is 44.7 Å². The van der Waals surface area contributed by atoms with E-state index in [9.17, 15) is 4.79 Å². The zero-order valence-corrected chi connectivity index (χ0v) is 11.5. The van der Waals surface area contributed by atoms with Gasteiger partial charge in [-0.3, -0.25) is 4.79 Å². The molecule has 0 spiro atoms. The van der Waals surface area contributed by atoms with Crippen LogP contribution in [0.4, 0.5) is 5.13 Å². The van der Waals surface area contributed by atoms with Crippen LogP contribution in [0.3, 0.4) is 0 Å². The Hall–Kier alpha value is -0.610. The number of amides is 1. The number of thiazole rings is 1. The monoisotopic (exact) mass is 272 g/mol. The van der Waals surface area contributed by atoms with Crippen LogP contribution in [0.5, 0.6) is 0 Å². The van der Waals surface area contributed by atoms with Crippen molar-refractivity contribution in [2.24, 2.45) is 5.41 Å². The maximum absolute atomic E-state index is 12.2. The summed E-state index contributed by atoms with van der Waals surface area (Å²) in [6.45, 7) is 2.05. The lowest BCUT2D eigenvalue weighted by molar-refractivity contribution is -0.126. The molecule has 3 nitrogen and oxygen atoms in total. The molecular weight excluding hydrogens is 256 g/mol. The maximum Gasteiger partial charge on any atom is 0.232 e. The first-order valence-electron chi connectivity index (χ1n) is 5.96. The zero-order chi connectivity index (χ0) is 12.3. The predicted molar refractivity (Wildman–Crippen MR) is 71.5 cm³/mol. The van der Waals surface area contributed by atoms with E-state index in [1.165, 1.54) is 17.8 Å². The van der Waals surface area contributed by atoms with Gasteiger partial charge in [0.15, 0.2) is 5.13 Å². The Kier molecular flexibility index (Phi) is 4.05. The molecule has 2 rings (SSSR count). The Morgan fingerprint density at radius 1 is 1.53 bits per heavy atom. The van der Waals surface area contributed by atoms with Crippen LogP contribution in [0, 0.1) is 5.41 Å². The van der Waals surface area contributed by atoms with Gasteiger partial charge in [-0.15, -0.1) is 22.9 Å². The van der Waals surface area contributed by atoms with E-state index >= 15 is 0 Å². The van der Waals surface area contributed by atoms with Gasteiger partial charge in [0.05, 0.1) is 11.6 Å². The molecule has 0 aliphatic heterocycles. The van der Waals surface area contributed by atoms with E-state index < -0.39 is 0 Å². The summed E-state index contributed by atoms with van der Waals surface area (Å²) in [5, 5.41) is 5.46. The number of rotatable bonds is 3. The van der Waals surface area contributed by atoms with Crippen molar-refractivity contribution >= 4 is 34.0 Å². The number of nitrogens with one attached hydrogen (secondary N) is 1. The van der Waals surface area contributed by atoms with Crippen LogP contribution in [-0.2, 0) is 10.7 Å². The van der Waals surface area contributed by atoms with E-state index in [2.05, 4.69) is 17.2 Å². The van der Waals surface area contributed by atoms with E-state index in [0.29, 0.717) is 11.0 Å². The number of nitrogens with zero attached hydrogens (tertiary/aromatic N) is 1. The summed E-state index contributed by atoms with van der Waals surface area (Å²) < 4.78 is 0. The van der Waals surface area contributed by atoms with Crippen LogP contribution < -0.4 is 5.32 Å². The molecule has 0 bridgehead atoms. The van der Waals surface area contributed by atoms with Crippen molar-refractivity contribution < 1.29 is 4.79 Å². The smallest absolute Gasteiger partial charge is 0.232 e. The van der Waals surface area contributed by atoms with Crippen LogP contribution >= 0.6 is 22.9 Å². The first-order valence-corrected chi connectivity index (χ1v) is 7.37. The number of aromatic nitrogens is 1. The maximum atomic E-state index is 12.2. The Morgan fingerprint density at radius 3 is 2.82 bits per heavy atom. The van der Waals surface area contributed by atoms with Crippen LogP contribution in [0.2, 0.25) is 0 Å². The van der Waals surface area contributed by atoms with Gasteiger partial charge in [-0.05, 0) is 12.8 Å². The number of hydrogen-bond acceptors (Lipinski definition) is 3. The van der Waals surface area contributed by atoms with Gasteiger partial charge < -0.3 is 5.32 Å². The van der Waals surface area contributed by atoms with Gasteiger partial charge >= 0.3 is 0 Å². The van der Waals surface area contributed by atoms with Gasteiger partial charge in [0.25, 0.3) is 0 Å². The average molecular weight is 273 g/mol. The van der Waals surface area contributed by atoms with Crippen molar-refractivity contribution in [3.63, 3.8) is 0 Å². The third-order valence-electron chi connectivity index (χ3n) is 3.41. The molecular formula is C12H17ClN2OS. The molecule has 0 saturated heterocycles. The predicted octanol–water partition coefficient (Wildman–Crippen LogP) is 3.79. The van der Waals surface area contributed by atoms with Crippen molar-refractivity contribution in [3.05, 3.63) is 11.1 Å². The van der Waals surface area contributed by atoms with Crippen LogP contribution in [-0.4, -0.2) is 10.9 Å². The highest BCUT2D eigenvalue weighted by Gasteiger charge is 2.34. The molecule has 94 valence electrons. The molecule has 1 aliphatic rings. The van der Waals surface area contributed by atoms with E-state index in [-0.39, 0.29) is 11.3 Å². The minimum Gasteiger partial charge on any atom is -0.301 e. The van der Waals surface area contributed by atoms with Gasteiger partial charge in [0.2, 0.25) is 5.91 Å². The Labute approximate surface area is 111 Å². The lowest BCUT2D eigenvalue weighted by Gasteiger charge is -2.31. The highest BCUT2D eigenvalue weighted by Crippen LogP contribution is 2.36. The topological polar surface area (TPSA) is 42.0 Å². The van der Waals surface area contributed by atoms with E-state index in [1.807, 2.05) is 5.38 Å². The Balaban J connectivity index is 2.00. The van der Waals surface area contributed by atoms with Crippen molar-refractivity contribution in [1.82, 2.24) is 4.98 Å². The Bertz CT molecular complexity index is 399. The van der Waals surface area contributed by atoms with E-state index in [4.69, 9.17) is 11.6 Å². The molecule has 0 unspecified atom stereocenters. The largest absolute Gasteiger partial charge is 0.301 e. The first-order chi connectivity index (χ1) is 8.14. The summed E-state index contributed by atoms with van der Waals surface area (Å²) >= 11 is 7.12. The standard InChI is InChI=1S/C12H17ClN2OS/c1-12(5-3-2-4-6-12)10(16)15-11-14-9(7-13)8-17-11/h8H,2-7H2,1H3,(H,14,15,16). The summed E-state index contributed by atoms with van der Waals surface area (Å²) in [5.41, 5.74) is 0.603. The second kappa shape index (κ2) is 5.36. The number of halogens is 1. The van der Waals surface area contributed by atoms with Crippen molar-refractivity contribution in [3.8, 4) is 0 Å². The molecule has 0 aromatic carbocycles. The van der Waals surface area contributed by atoms with Crippen LogP contribution in [0.25, 0.3) is 0 Å². The third-order valence-corrected chi connectivity index (χ3v) is 4.49. The molecule has 1 aromatic rings.